The summed E-state index contributed by atoms with van der Waals surface area (Å²) in [4.78, 5) is 0. The van der Waals surface area contributed by atoms with Gasteiger partial charge in [0.25, 0.3) is 0 Å². The van der Waals surface area contributed by atoms with Gasteiger partial charge in [0.05, 0.1) is 16.8 Å². The predicted octanol–water partition coefficient (Wildman–Crippen LogP) is 6.62. The zero-order chi connectivity index (χ0) is 27.1. The van der Waals surface area contributed by atoms with E-state index < -0.39 is 14.5 Å². The summed E-state index contributed by atoms with van der Waals surface area (Å²) in [5.74, 6) is 0.600. The van der Waals surface area contributed by atoms with Crippen LogP contribution < -0.4 is 21.2 Å². The average molecular weight is 544 g/mol. The summed E-state index contributed by atoms with van der Waals surface area (Å²) >= 11 is 0. The van der Waals surface area contributed by atoms with Crippen LogP contribution in [0.25, 0.3) is 0 Å². The van der Waals surface area contributed by atoms with Crippen LogP contribution in [0.1, 0.15) is 33.1 Å². The molecule has 0 aromatic heterocycles. The first-order valence-corrected chi connectivity index (χ1v) is 17.9. The zero-order valence-electron chi connectivity index (χ0n) is 23.0. The number of hydrogen-bond donors (Lipinski definition) is 0. The molecular formula is C34H36B2OP2+2. The Kier molecular flexibility index (Phi) is 7.17. The zero-order valence-corrected chi connectivity index (χ0v) is 24.8. The molecule has 2 bridgehead atoms. The van der Waals surface area contributed by atoms with Gasteiger partial charge in [0.15, 0.2) is 7.37 Å². The lowest BCUT2D eigenvalue weighted by atomic mass is 9.70. The topological polar surface area (TPSA) is 9.23 Å². The van der Waals surface area contributed by atoms with Crippen LogP contribution in [0.3, 0.4) is 0 Å². The Balaban J connectivity index is 1.47. The van der Waals surface area contributed by atoms with Gasteiger partial charge in [-0.1, -0.05) is 86.6 Å². The lowest BCUT2D eigenvalue weighted by Gasteiger charge is -2.45. The summed E-state index contributed by atoms with van der Waals surface area (Å²) in [6.07, 6.45) is 4.35. The van der Waals surface area contributed by atoms with Gasteiger partial charge in [-0.15, -0.1) is 0 Å². The molecule has 1 nitrogen and oxygen atoms in total. The highest BCUT2D eigenvalue weighted by Crippen LogP contribution is 2.74. The molecule has 2 aliphatic carbocycles. The van der Waals surface area contributed by atoms with E-state index in [9.17, 15) is 0 Å². The van der Waals surface area contributed by atoms with Crippen molar-refractivity contribution in [3.63, 3.8) is 0 Å². The van der Waals surface area contributed by atoms with Crippen LogP contribution in [0.15, 0.2) is 121 Å². The Labute approximate surface area is 238 Å². The van der Waals surface area contributed by atoms with Crippen molar-refractivity contribution in [3.8, 4) is 0 Å². The first kappa shape index (κ1) is 27.0. The van der Waals surface area contributed by atoms with Crippen LogP contribution >= 0.6 is 14.5 Å². The van der Waals surface area contributed by atoms with Crippen molar-refractivity contribution in [2.24, 2.45) is 16.7 Å². The van der Waals surface area contributed by atoms with Gasteiger partial charge in [-0.05, 0) is 79.1 Å². The molecule has 39 heavy (non-hydrogen) atoms. The molecule has 5 heteroatoms. The quantitative estimate of drug-likeness (QED) is 0.179. The molecule has 6 rings (SSSR count). The minimum Gasteiger partial charge on any atom is -0.242 e. The predicted molar refractivity (Wildman–Crippen MR) is 173 cm³/mol. The largest absolute Gasteiger partial charge is 0.415 e. The second-order valence-corrected chi connectivity index (χ2v) is 17.6. The molecule has 0 aliphatic heterocycles. The van der Waals surface area contributed by atoms with Crippen LogP contribution in [0, 0.1) is 16.7 Å². The van der Waals surface area contributed by atoms with E-state index in [0.29, 0.717) is 5.92 Å². The number of fused-ring (bicyclic) bond motifs is 2. The average Bonchev–Trinajstić information content (AvgIpc) is 3.34. The Morgan fingerprint density at radius 3 is 1.49 bits per heavy atom. The molecule has 4 aromatic carbocycles. The lowest BCUT2D eigenvalue weighted by Crippen LogP contribution is -2.47. The van der Waals surface area contributed by atoms with Gasteiger partial charge in [0.2, 0.25) is 0 Å². The van der Waals surface area contributed by atoms with E-state index in [1.807, 2.05) is 12.1 Å². The van der Waals surface area contributed by atoms with E-state index in [2.05, 4.69) is 123 Å². The number of rotatable bonds is 8. The molecule has 2 saturated carbocycles. The van der Waals surface area contributed by atoms with Gasteiger partial charge in [-0.2, -0.15) is 0 Å². The fourth-order valence-corrected chi connectivity index (χ4v) is 13.6. The summed E-state index contributed by atoms with van der Waals surface area (Å²) < 4.78 is 7.41. The minimum atomic E-state index is -2.59. The van der Waals surface area contributed by atoms with Gasteiger partial charge in [-0.25, -0.2) is 4.52 Å². The Hall–Kier alpha value is -2.17. The summed E-state index contributed by atoms with van der Waals surface area (Å²) in [5.41, 5.74) is 0.0319. The normalized spacial score (nSPS) is 24.1. The van der Waals surface area contributed by atoms with E-state index in [1.165, 1.54) is 17.0 Å². The molecule has 3 atom stereocenters. The maximum absolute atomic E-state index is 7.70. The van der Waals surface area contributed by atoms with Crippen molar-refractivity contribution in [2.75, 3.05) is 6.16 Å². The van der Waals surface area contributed by atoms with Crippen molar-refractivity contribution < 1.29 is 4.52 Å². The highest BCUT2D eigenvalue weighted by Gasteiger charge is 2.70. The molecule has 3 unspecified atom stereocenters. The Morgan fingerprint density at radius 2 is 1.08 bits per heavy atom. The maximum Gasteiger partial charge on any atom is 0.415 e. The van der Waals surface area contributed by atoms with Gasteiger partial charge in [0, 0.05) is 12.6 Å². The third-order valence-electron chi connectivity index (χ3n) is 9.90. The van der Waals surface area contributed by atoms with Crippen molar-refractivity contribution in [1.29, 1.82) is 0 Å². The highest BCUT2D eigenvalue weighted by molar-refractivity contribution is 8.08. The van der Waals surface area contributed by atoms with E-state index in [-0.39, 0.29) is 16.9 Å². The van der Waals surface area contributed by atoms with Crippen LogP contribution in [-0.2, 0) is 4.52 Å². The van der Waals surface area contributed by atoms with Gasteiger partial charge >= 0.3 is 15.1 Å². The first-order valence-electron chi connectivity index (χ1n) is 14.0. The van der Waals surface area contributed by atoms with Crippen molar-refractivity contribution in [1.82, 2.24) is 0 Å². The second kappa shape index (κ2) is 10.3. The van der Waals surface area contributed by atoms with Crippen LogP contribution in [-0.4, -0.2) is 27.4 Å². The molecule has 2 aliphatic rings. The van der Waals surface area contributed by atoms with Gasteiger partial charge < -0.3 is 0 Å². The van der Waals surface area contributed by atoms with E-state index in [1.54, 1.807) is 0 Å². The fourth-order valence-electron chi connectivity index (χ4n) is 7.46. The first-order chi connectivity index (χ1) is 18.8. The SMILES string of the molecule is [B][P+](CC12CCC(CC1O[P+]([B])(c1ccccc1)c1ccccc1)C2(C)C)(c1ccccc1)c1ccccc1. The number of benzene rings is 4. The Bertz CT molecular complexity index is 1320. The third-order valence-corrected chi connectivity index (χ3v) is 16.1. The summed E-state index contributed by atoms with van der Waals surface area (Å²) in [6, 6.07) is 42.6. The van der Waals surface area contributed by atoms with Crippen LogP contribution in [0.4, 0.5) is 0 Å². The monoisotopic (exact) mass is 544 g/mol. The van der Waals surface area contributed by atoms with Gasteiger partial charge in [-0.3, -0.25) is 0 Å². The summed E-state index contributed by atoms with van der Waals surface area (Å²) in [6.45, 7) is 4.94. The molecule has 4 radical (unpaired) electrons. The van der Waals surface area contributed by atoms with Crippen LogP contribution in [0.2, 0.25) is 0 Å². The van der Waals surface area contributed by atoms with E-state index in [4.69, 9.17) is 19.7 Å². The van der Waals surface area contributed by atoms with Crippen molar-refractivity contribution in [3.05, 3.63) is 121 Å². The van der Waals surface area contributed by atoms with Gasteiger partial charge in [0.1, 0.15) is 16.7 Å². The molecule has 2 fully saturated rings. The molecule has 192 valence electrons. The summed E-state index contributed by atoms with van der Waals surface area (Å²) in [5, 5.41) is 4.70. The molecule has 0 amide bonds. The molecular weight excluding hydrogens is 508 g/mol. The van der Waals surface area contributed by atoms with Crippen molar-refractivity contribution in [2.45, 2.75) is 39.2 Å². The molecule has 0 heterocycles. The molecule has 0 N–H and O–H groups in total. The second-order valence-electron chi connectivity index (χ2n) is 12.0. The van der Waals surface area contributed by atoms with E-state index in [0.717, 1.165) is 29.6 Å². The third kappa shape index (κ3) is 4.47. The standard InChI is InChI=1S/C34H36B2OP2/c1-33(2)27-23-24-34(33,26-38(35,28-15-7-3-8-16-28)29-17-9-4-10-18-29)32(25-27)37-39(36,30-19-11-5-12-20-30)31-21-13-6-14-22-31/h3-22,27,32H,23-26H2,1-2H3/q+2. The summed E-state index contributed by atoms with van der Waals surface area (Å²) in [7, 11) is 10.4. The number of hydrogen-bond acceptors (Lipinski definition) is 1. The molecule has 0 saturated heterocycles. The fraction of sp³-hybridized carbons (Fsp3) is 0.294. The van der Waals surface area contributed by atoms with Crippen LogP contribution in [0.5, 0.6) is 0 Å². The maximum atomic E-state index is 7.70. The smallest absolute Gasteiger partial charge is 0.242 e. The minimum absolute atomic E-state index is 0.0420. The van der Waals surface area contributed by atoms with Crippen molar-refractivity contribution >= 4 is 50.9 Å². The molecule has 0 spiro atoms. The van der Waals surface area contributed by atoms with E-state index >= 15 is 0 Å². The highest BCUT2D eigenvalue weighted by atomic mass is 31.2. The Morgan fingerprint density at radius 1 is 0.667 bits per heavy atom. The lowest BCUT2D eigenvalue weighted by molar-refractivity contribution is 0.0425. The molecule has 4 aromatic rings.